The van der Waals surface area contributed by atoms with E-state index in [1.807, 2.05) is 19.9 Å². The van der Waals surface area contributed by atoms with Gasteiger partial charge in [-0.2, -0.15) is 0 Å². The van der Waals surface area contributed by atoms with Crippen LogP contribution in [0.3, 0.4) is 0 Å². The molecular formula is C16H15ClN2O3. The number of aryl methyl sites for hydroxylation is 2. The molecule has 0 heterocycles. The summed E-state index contributed by atoms with van der Waals surface area (Å²) in [6.07, 6.45) is -0.0825. The third-order valence-corrected chi connectivity index (χ3v) is 3.53. The van der Waals surface area contributed by atoms with Gasteiger partial charge in [-0.3, -0.25) is 14.9 Å². The first-order valence-electron chi connectivity index (χ1n) is 6.67. The largest absolute Gasteiger partial charge is 0.324 e. The second-order valence-corrected chi connectivity index (χ2v) is 5.46. The van der Waals surface area contributed by atoms with E-state index in [4.69, 9.17) is 11.6 Å². The zero-order chi connectivity index (χ0) is 16.3. The van der Waals surface area contributed by atoms with Gasteiger partial charge in [0.25, 0.3) is 5.69 Å². The van der Waals surface area contributed by atoms with Crippen molar-refractivity contribution in [2.45, 2.75) is 20.3 Å². The average Bonchev–Trinajstić information content (AvgIpc) is 2.43. The van der Waals surface area contributed by atoms with Gasteiger partial charge in [0, 0.05) is 11.6 Å². The lowest BCUT2D eigenvalue weighted by atomic mass is 10.1. The van der Waals surface area contributed by atoms with Gasteiger partial charge in [0.05, 0.1) is 22.1 Å². The number of hydrogen-bond acceptors (Lipinski definition) is 3. The van der Waals surface area contributed by atoms with E-state index in [9.17, 15) is 14.9 Å². The molecule has 0 spiro atoms. The Kier molecular flexibility index (Phi) is 4.78. The number of anilines is 1. The van der Waals surface area contributed by atoms with E-state index in [-0.39, 0.29) is 18.0 Å². The summed E-state index contributed by atoms with van der Waals surface area (Å²) in [7, 11) is 0. The fourth-order valence-electron chi connectivity index (χ4n) is 2.27. The van der Waals surface area contributed by atoms with Gasteiger partial charge in [-0.05, 0) is 31.0 Å². The number of carbonyl (C=O) groups excluding carboxylic acids is 1. The van der Waals surface area contributed by atoms with Crippen molar-refractivity contribution in [1.82, 2.24) is 0 Å². The van der Waals surface area contributed by atoms with E-state index in [1.165, 1.54) is 6.07 Å². The third-order valence-electron chi connectivity index (χ3n) is 3.24. The van der Waals surface area contributed by atoms with Gasteiger partial charge < -0.3 is 5.32 Å². The highest BCUT2D eigenvalue weighted by atomic mass is 35.5. The molecule has 0 radical (unpaired) electrons. The maximum Gasteiger partial charge on any atom is 0.273 e. The molecule has 114 valence electrons. The van der Waals surface area contributed by atoms with Crippen LogP contribution in [0.2, 0.25) is 5.02 Å². The van der Waals surface area contributed by atoms with Gasteiger partial charge >= 0.3 is 0 Å². The molecule has 1 N–H and O–H groups in total. The van der Waals surface area contributed by atoms with Gasteiger partial charge in [0.2, 0.25) is 5.91 Å². The number of nitro groups is 1. The van der Waals surface area contributed by atoms with E-state index in [0.717, 1.165) is 11.1 Å². The van der Waals surface area contributed by atoms with Gasteiger partial charge in [-0.1, -0.05) is 35.9 Å². The number of nitrogens with zero attached hydrogens (tertiary/aromatic N) is 1. The van der Waals surface area contributed by atoms with Gasteiger partial charge in [-0.25, -0.2) is 0 Å². The van der Waals surface area contributed by atoms with Crippen molar-refractivity contribution in [3.05, 3.63) is 68.2 Å². The lowest BCUT2D eigenvalue weighted by Crippen LogP contribution is -2.16. The molecule has 5 nitrogen and oxygen atoms in total. The molecule has 6 heteroatoms. The molecule has 0 aromatic heterocycles. The van der Waals surface area contributed by atoms with Crippen LogP contribution in [0.4, 0.5) is 11.4 Å². The number of amides is 1. The van der Waals surface area contributed by atoms with Gasteiger partial charge in [-0.15, -0.1) is 0 Å². The predicted octanol–water partition coefficient (Wildman–Crippen LogP) is 4.05. The maximum atomic E-state index is 12.2. The highest BCUT2D eigenvalue weighted by Gasteiger charge is 2.16. The quantitative estimate of drug-likeness (QED) is 0.683. The summed E-state index contributed by atoms with van der Waals surface area (Å²) in [5.74, 6) is -0.344. The molecule has 0 saturated heterocycles. The van der Waals surface area contributed by atoms with Gasteiger partial charge in [0.1, 0.15) is 0 Å². The van der Waals surface area contributed by atoms with Crippen molar-refractivity contribution in [3.63, 3.8) is 0 Å². The fraction of sp³-hybridized carbons (Fsp3) is 0.188. The first kappa shape index (κ1) is 16.0. The summed E-state index contributed by atoms with van der Waals surface area (Å²) in [6.45, 7) is 3.76. The molecule has 0 unspecified atom stereocenters. The van der Waals surface area contributed by atoms with Crippen LogP contribution in [-0.4, -0.2) is 10.8 Å². The van der Waals surface area contributed by atoms with Crippen molar-refractivity contribution in [1.29, 1.82) is 0 Å². The molecule has 0 aliphatic carbocycles. The maximum absolute atomic E-state index is 12.2. The van der Waals surface area contributed by atoms with Crippen LogP contribution in [-0.2, 0) is 11.2 Å². The Balaban J connectivity index is 2.20. The molecule has 0 fully saturated rings. The van der Waals surface area contributed by atoms with E-state index in [0.29, 0.717) is 16.3 Å². The summed E-state index contributed by atoms with van der Waals surface area (Å²) >= 11 is 6.14. The number of halogens is 1. The highest BCUT2D eigenvalue weighted by molar-refractivity contribution is 6.34. The van der Waals surface area contributed by atoms with Crippen molar-refractivity contribution in [2.24, 2.45) is 0 Å². The zero-order valence-corrected chi connectivity index (χ0v) is 13.0. The van der Waals surface area contributed by atoms with E-state index in [2.05, 4.69) is 5.32 Å². The topological polar surface area (TPSA) is 72.2 Å². The molecule has 2 rings (SSSR count). The molecule has 0 bridgehead atoms. The van der Waals surface area contributed by atoms with E-state index >= 15 is 0 Å². The van der Waals surface area contributed by atoms with E-state index < -0.39 is 4.92 Å². The molecular weight excluding hydrogens is 304 g/mol. The molecule has 2 aromatic carbocycles. The summed E-state index contributed by atoms with van der Waals surface area (Å²) in [6, 6.07) is 9.86. The second kappa shape index (κ2) is 6.58. The number of rotatable bonds is 4. The number of nitro benzene ring substituents is 1. The van der Waals surface area contributed by atoms with Crippen LogP contribution in [0.25, 0.3) is 0 Å². The third kappa shape index (κ3) is 3.62. The fourth-order valence-corrected chi connectivity index (χ4v) is 2.64. The Labute approximate surface area is 133 Å². The van der Waals surface area contributed by atoms with Crippen LogP contribution in [0.1, 0.15) is 16.7 Å². The molecule has 0 saturated carbocycles. The first-order chi connectivity index (χ1) is 10.4. The molecule has 1 amide bonds. The van der Waals surface area contributed by atoms with Crippen molar-refractivity contribution >= 4 is 28.9 Å². The number of carbonyl (C=O) groups is 1. The Morgan fingerprint density at radius 3 is 2.59 bits per heavy atom. The van der Waals surface area contributed by atoms with Crippen molar-refractivity contribution in [2.75, 3.05) is 5.32 Å². The minimum absolute atomic E-state index is 0.0654. The van der Waals surface area contributed by atoms with Crippen LogP contribution in [0.15, 0.2) is 36.4 Å². The van der Waals surface area contributed by atoms with Crippen LogP contribution >= 0.6 is 11.6 Å². The number of hydrogen-bond donors (Lipinski definition) is 1. The molecule has 2 aromatic rings. The lowest BCUT2D eigenvalue weighted by molar-refractivity contribution is -0.385. The average molecular weight is 319 g/mol. The second-order valence-electron chi connectivity index (χ2n) is 5.05. The molecule has 0 atom stereocenters. The normalized spacial score (nSPS) is 10.3. The highest BCUT2D eigenvalue weighted by Crippen LogP contribution is 2.28. The summed E-state index contributed by atoms with van der Waals surface area (Å²) in [5, 5.41) is 14.1. The van der Waals surface area contributed by atoms with E-state index in [1.54, 1.807) is 24.3 Å². The standard InChI is InChI=1S/C16H15ClN2O3/c1-10-7-11(2)16(13(17)8-10)18-15(20)9-12-5-3-4-6-14(12)19(21)22/h3-8H,9H2,1-2H3,(H,18,20). The first-order valence-corrected chi connectivity index (χ1v) is 7.05. The Hall–Kier alpha value is -2.40. The minimum Gasteiger partial charge on any atom is -0.324 e. The Morgan fingerprint density at radius 2 is 1.95 bits per heavy atom. The minimum atomic E-state index is -0.493. The van der Waals surface area contributed by atoms with Crippen LogP contribution in [0, 0.1) is 24.0 Å². The Morgan fingerprint density at radius 1 is 1.27 bits per heavy atom. The summed E-state index contributed by atoms with van der Waals surface area (Å²) < 4.78 is 0. The smallest absolute Gasteiger partial charge is 0.273 e. The summed E-state index contributed by atoms with van der Waals surface area (Å²) in [4.78, 5) is 22.6. The number of benzene rings is 2. The van der Waals surface area contributed by atoms with Crippen molar-refractivity contribution < 1.29 is 9.72 Å². The SMILES string of the molecule is Cc1cc(C)c(NC(=O)Cc2ccccc2[N+](=O)[O-])c(Cl)c1. The lowest BCUT2D eigenvalue weighted by Gasteiger charge is -2.11. The predicted molar refractivity (Wildman–Crippen MR) is 86.4 cm³/mol. The number of para-hydroxylation sites is 1. The van der Waals surface area contributed by atoms with Gasteiger partial charge in [0.15, 0.2) is 0 Å². The Bertz CT molecular complexity index is 721. The molecule has 0 aliphatic rings. The molecule has 0 aliphatic heterocycles. The number of nitrogens with one attached hydrogen (secondary N) is 1. The summed E-state index contributed by atoms with van der Waals surface area (Å²) in [5.41, 5.74) is 2.69. The van der Waals surface area contributed by atoms with Crippen LogP contribution in [0.5, 0.6) is 0 Å². The van der Waals surface area contributed by atoms with Crippen LogP contribution < -0.4 is 5.32 Å². The monoisotopic (exact) mass is 318 g/mol. The molecule has 22 heavy (non-hydrogen) atoms. The van der Waals surface area contributed by atoms with Crippen molar-refractivity contribution in [3.8, 4) is 0 Å². The zero-order valence-electron chi connectivity index (χ0n) is 12.2.